The van der Waals surface area contributed by atoms with Gasteiger partial charge >= 0.3 is 0 Å². The van der Waals surface area contributed by atoms with Gasteiger partial charge in [-0.2, -0.15) is 10.5 Å². The van der Waals surface area contributed by atoms with E-state index in [-0.39, 0.29) is 5.89 Å². The van der Waals surface area contributed by atoms with Crippen LogP contribution in [0.25, 0.3) is 11.5 Å². The van der Waals surface area contributed by atoms with Gasteiger partial charge in [-0.15, -0.1) is 10.2 Å². The topological polar surface area (TPSA) is 119 Å². The summed E-state index contributed by atoms with van der Waals surface area (Å²) in [5, 5.41) is 40.0. The summed E-state index contributed by atoms with van der Waals surface area (Å²) in [7, 11) is 0. The fourth-order valence-electron chi connectivity index (χ4n) is 2.91. The lowest BCUT2D eigenvalue weighted by molar-refractivity contribution is 0.159. The molecule has 2 atom stereocenters. The zero-order chi connectivity index (χ0) is 21.0. The molecule has 7 nitrogen and oxygen atoms in total. The number of aliphatic hydroxyl groups is 1. The first-order valence-electron chi connectivity index (χ1n) is 8.98. The first-order valence-corrected chi connectivity index (χ1v) is 10.1. The summed E-state index contributed by atoms with van der Waals surface area (Å²) in [6.45, 7) is 3.65. The number of rotatable bonds is 6. The average molecular weight is 499 g/mol. The van der Waals surface area contributed by atoms with Crippen molar-refractivity contribution in [1.29, 1.82) is 10.5 Å². The van der Waals surface area contributed by atoms with Crippen LogP contribution in [0.2, 0.25) is 0 Å². The van der Waals surface area contributed by atoms with E-state index in [1.807, 2.05) is 13.0 Å². The van der Waals surface area contributed by atoms with Crippen LogP contribution < -0.4 is 5.32 Å². The number of aliphatic hydroxyl groups excluding tert-OH is 1. The highest BCUT2D eigenvalue weighted by atomic mass is 127. The van der Waals surface area contributed by atoms with Gasteiger partial charge in [-0.3, -0.25) is 0 Å². The van der Waals surface area contributed by atoms with Gasteiger partial charge in [0.05, 0.1) is 23.3 Å². The van der Waals surface area contributed by atoms with Crippen LogP contribution in [-0.4, -0.2) is 21.4 Å². The molecule has 146 valence electrons. The zero-order valence-electron chi connectivity index (χ0n) is 15.8. The van der Waals surface area contributed by atoms with Crippen molar-refractivity contribution in [2.24, 2.45) is 0 Å². The smallest absolute Gasteiger partial charge is 0.247 e. The van der Waals surface area contributed by atoms with E-state index in [0.29, 0.717) is 22.6 Å². The molecule has 0 fully saturated rings. The molecule has 0 aliphatic rings. The van der Waals surface area contributed by atoms with Crippen molar-refractivity contribution in [2.75, 3.05) is 5.32 Å². The van der Waals surface area contributed by atoms with E-state index in [1.165, 1.54) is 0 Å². The van der Waals surface area contributed by atoms with Crippen LogP contribution in [-0.2, 0) is 6.42 Å². The molecule has 0 spiro atoms. The van der Waals surface area contributed by atoms with E-state index in [2.05, 4.69) is 50.2 Å². The van der Waals surface area contributed by atoms with Crippen LogP contribution in [0, 0.1) is 26.2 Å². The summed E-state index contributed by atoms with van der Waals surface area (Å²) >= 11 is 2.16. The summed E-state index contributed by atoms with van der Waals surface area (Å²) in [5.41, 5.74) is 3.64. The Morgan fingerprint density at radius 3 is 2.45 bits per heavy atom. The third-order valence-corrected chi connectivity index (χ3v) is 5.71. The molecule has 1 heterocycles. The molecule has 3 rings (SSSR count). The molecule has 0 amide bonds. The van der Waals surface area contributed by atoms with Crippen LogP contribution >= 0.6 is 22.6 Å². The van der Waals surface area contributed by atoms with Crippen LogP contribution in [0.1, 0.15) is 42.5 Å². The molecule has 2 aromatic carbocycles. The first-order chi connectivity index (χ1) is 14.0. The molecule has 0 radical (unpaired) electrons. The second-order valence-corrected chi connectivity index (χ2v) is 7.49. The fourth-order valence-corrected chi connectivity index (χ4v) is 3.88. The number of aromatic nitrogens is 2. The highest BCUT2D eigenvalue weighted by Gasteiger charge is 2.25. The van der Waals surface area contributed by atoms with Crippen molar-refractivity contribution in [3.05, 3.63) is 62.5 Å². The Morgan fingerprint density at radius 1 is 1.14 bits per heavy atom. The Morgan fingerprint density at radius 2 is 1.86 bits per heavy atom. The molecule has 8 heteroatoms. The number of nitrogens with zero attached hydrogens (tertiary/aromatic N) is 4. The van der Waals surface area contributed by atoms with Gasteiger partial charge in [0.15, 0.2) is 0 Å². The molecule has 29 heavy (non-hydrogen) atoms. The van der Waals surface area contributed by atoms with Crippen LogP contribution in [0.15, 0.2) is 40.8 Å². The maximum absolute atomic E-state index is 10.3. The molecular weight excluding hydrogens is 481 g/mol. The SMILES string of the molecule is CCc1c(NC(c2nnc(-c3ccc(C#N)cc3)o2)[C@H](C)O)ccc(C#N)c1I. The second kappa shape index (κ2) is 9.03. The van der Waals surface area contributed by atoms with Crippen LogP contribution in [0.4, 0.5) is 5.69 Å². The normalized spacial score (nSPS) is 12.6. The largest absolute Gasteiger partial charge is 0.418 e. The summed E-state index contributed by atoms with van der Waals surface area (Å²) in [4.78, 5) is 0. The molecule has 0 aliphatic heterocycles. The quantitative estimate of drug-likeness (QED) is 0.489. The average Bonchev–Trinajstić information content (AvgIpc) is 3.21. The number of hydrogen-bond donors (Lipinski definition) is 2. The number of nitrogens with one attached hydrogen (secondary N) is 1. The summed E-state index contributed by atoms with van der Waals surface area (Å²) in [6.07, 6.45) is -0.0783. The maximum atomic E-state index is 10.3. The lowest BCUT2D eigenvalue weighted by Gasteiger charge is -2.22. The van der Waals surface area contributed by atoms with Gasteiger partial charge in [0.2, 0.25) is 11.8 Å². The minimum Gasteiger partial charge on any atom is -0.418 e. The van der Waals surface area contributed by atoms with E-state index in [1.54, 1.807) is 37.3 Å². The monoisotopic (exact) mass is 499 g/mol. The second-order valence-electron chi connectivity index (χ2n) is 6.42. The van der Waals surface area contributed by atoms with Gasteiger partial charge in [0.1, 0.15) is 12.1 Å². The Labute approximate surface area is 182 Å². The minimum atomic E-state index is -0.803. The molecule has 1 aromatic heterocycles. The van der Waals surface area contributed by atoms with Gasteiger partial charge in [0, 0.05) is 14.8 Å². The predicted octanol–water partition coefficient (Wildman–Crippen LogP) is 4.18. The third kappa shape index (κ3) is 4.39. The van der Waals surface area contributed by atoms with Gasteiger partial charge in [0.25, 0.3) is 0 Å². The van der Waals surface area contributed by atoms with Crippen molar-refractivity contribution in [1.82, 2.24) is 10.2 Å². The van der Waals surface area contributed by atoms with Gasteiger partial charge < -0.3 is 14.8 Å². The Bertz CT molecular complexity index is 1090. The number of anilines is 1. The number of nitriles is 2. The summed E-state index contributed by atoms with van der Waals surface area (Å²) in [5.74, 6) is 0.558. The van der Waals surface area contributed by atoms with Gasteiger partial charge in [-0.1, -0.05) is 6.92 Å². The number of hydrogen-bond acceptors (Lipinski definition) is 7. The number of benzene rings is 2. The Kier molecular flexibility index (Phi) is 6.47. The van der Waals surface area contributed by atoms with E-state index in [9.17, 15) is 10.4 Å². The standard InChI is InChI=1S/C21H18IN5O2/c1-3-16-17(9-8-15(11-24)18(16)22)25-19(12(2)28)21-27-26-20(29-21)14-6-4-13(10-23)5-7-14/h4-9,12,19,25,28H,3H2,1-2H3/t12-,19?/m0/s1. The third-order valence-electron chi connectivity index (χ3n) is 4.48. The molecular formula is C21H18IN5O2. The Balaban J connectivity index is 1.92. The van der Waals surface area contributed by atoms with E-state index in [4.69, 9.17) is 9.68 Å². The first kappa shape index (κ1) is 20.8. The van der Waals surface area contributed by atoms with Crippen molar-refractivity contribution < 1.29 is 9.52 Å². The molecule has 0 saturated carbocycles. The van der Waals surface area contributed by atoms with E-state index in [0.717, 1.165) is 21.2 Å². The number of halogens is 1. The van der Waals surface area contributed by atoms with Gasteiger partial charge in [-0.25, -0.2) is 0 Å². The van der Waals surface area contributed by atoms with Crippen molar-refractivity contribution in [2.45, 2.75) is 32.4 Å². The lowest BCUT2D eigenvalue weighted by Crippen LogP contribution is -2.24. The van der Waals surface area contributed by atoms with Crippen LogP contribution in [0.3, 0.4) is 0 Å². The highest BCUT2D eigenvalue weighted by molar-refractivity contribution is 14.1. The molecule has 2 N–H and O–H groups in total. The molecule has 3 aromatic rings. The van der Waals surface area contributed by atoms with Crippen molar-refractivity contribution in [3.63, 3.8) is 0 Å². The lowest BCUT2D eigenvalue weighted by atomic mass is 10.0. The zero-order valence-corrected chi connectivity index (χ0v) is 18.0. The summed E-state index contributed by atoms with van der Waals surface area (Å²) < 4.78 is 6.69. The van der Waals surface area contributed by atoms with Crippen LogP contribution in [0.5, 0.6) is 0 Å². The Hall–Kier alpha value is -2.95. The minimum absolute atomic E-state index is 0.251. The van der Waals surface area contributed by atoms with E-state index >= 15 is 0 Å². The molecule has 0 saturated heterocycles. The maximum Gasteiger partial charge on any atom is 0.247 e. The highest BCUT2D eigenvalue weighted by Crippen LogP contribution is 2.31. The molecule has 0 bridgehead atoms. The van der Waals surface area contributed by atoms with Gasteiger partial charge in [-0.05, 0) is 77.9 Å². The summed E-state index contributed by atoms with van der Waals surface area (Å²) in [6, 6.07) is 14.0. The fraction of sp³-hybridized carbons (Fsp3) is 0.238. The molecule has 1 unspecified atom stereocenters. The predicted molar refractivity (Wildman–Crippen MR) is 116 cm³/mol. The van der Waals surface area contributed by atoms with Crippen molar-refractivity contribution in [3.8, 4) is 23.6 Å². The van der Waals surface area contributed by atoms with E-state index < -0.39 is 12.1 Å². The van der Waals surface area contributed by atoms with Crippen molar-refractivity contribution >= 4 is 28.3 Å². The molecule has 0 aliphatic carbocycles.